The average molecular weight is 805 g/mol. The van der Waals surface area contributed by atoms with Gasteiger partial charge in [0.2, 0.25) is 5.16 Å². The van der Waals surface area contributed by atoms with Crippen LogP contribution in [-0.4, -0.2) is 118 Å². The number of nitrogens with zero attached hydrogens (tertiary/aromatic N) is 6. The lowest BCUT2D eigenvalue weighted by Gasteiger charge is -2.50. The van der Waals surface area contributed by atoms with Gasteiger partial charge in [-0.25, -0.2) is 14.6 Å². The van der Waals surface area contributed by atoms with Gasteiger partial charge in [-0.05, 0) is 70.1 Å². The minimum atomic E-state index is -5.17. The molecule has 5 rings (SSSR count). The molecule has 5 N–H and O–H groups in total. The van der Waals surface area contributed by atoms with Gasteiger partial charge in [0.25, 0.3) is 11.8 Å². The highest BCUT2D eigenvalue weighted by molar-refractivity contribution is 8.01. The number of aliphatic carboxylic acids is 1. The summed E-state index contributed by atoms with van der Waals surface area (Å²) in [5.41, 5.74) is -1.22. The molecule has 2 unspecified atom stereocenters. The number of carbonyl (C=O) groups excluding carboxylic acids is 4. The predicted octanol–water partition coefficient (Wildman–Crippen LogP) is 3.02. The molecule has 4 amide bonds. The molecule has 0 bridgehead atoms. The first kappa shape index (κ1) is 39.8. The van der Waals surface area contributed by atoms with Gasteiger partial charge in [0.1, 0.15) is 34.5 Å². The molecule has 18 nitrogen and oxygen atoms in total. The fourth-order valence-corrected chi connectivity index (χ4v) is 8.74. The number of anilines is 1. The largest absolute Gasteiger partial charge is 0.477 e. The van der Waals surface area contributed by atoms with Crippen LogP contribution in [-0.2, 0) is 28.8 Å². The van der Waals surface area contributed by atoms with E-state index < -0.39 is 69.1 Å². The monoisotopic (exact) mass is 804 g/mol. The second kappa shape index (κ2) is 16.7. The number of amides is 4. The molecule has 53 heavy (non-hydrogen) atoms. The van der Waals surface area contributed by atoms with Crippen LogP contribution in [0.25, 0.3) is 0 Å². The quantitative estimate of drug-likeness (QED) is 0.0607. The molecule has 2 aromatic rings. The Morgan fingerprint density at radius 2 is 1.94 bits per heavy atom. The molecule has 2 aliphatic heterocycles. The molecule has 1 saturated carbocycles. The number of alkyl halides is 3. The molecule has 3 aliphatic rings. The lowest BCUT2D eigenvalue weighted by molar-refractivity contribution is -0.167. The summed E-state index contributed by atoms with van der Waals surface area (Å²) in [6.45, 7) is 5.40. The van der Waals surface area contributed by atoms with Gasteiger partial charge in [0, 0.05) is 22.9 Å². The molecule has 24 heteroatoms. The highest BCUT2D eigenvalue weighted by Crippen LogP contribution is 2.44. The minimum absolute atomic E-state index is 0.136. The van der Waals surface area contributed by atoms with Gasteiger partial charge in [-0.2, -0.15) is 18.4 Å². The Labute approximate surface area is 311 Å². The fraction of sp³-hybridized carbons (Fsp3) is 0.586. The van der Waals surface area contributed by atoms with Crippen LogP contribution in [0.4, 0.5) is 23.1 Å². The fourth-order valence-electron chi connectivity index (χ4n) is 5.46. The van der Waals surface area contributed by atoms with E-state index in [9.17, 15) is 42.3 Å². The van der Waals surface area contributed by atoms with E-state index in [0.717, 1.165) is 29.5 Å². The van der Waals surface area contributed by atoms with Crippen molar-refractivity contribution in [2.24, 2.45) is 5.16 Å². The molecule has 288 valence electrons. The van der Waals surface area contributed by atoms with E-state index in [2.05, 4.69) is 41.4 Å². The maximum atomic E-state index is 13.6. The number of rotatable bonds is 14. The summed E-state index contributed by atoms with van der Waals surface area (Å²) in [6, 6.07) is -1.20. The van der Waals surface area contributed by atoms with E-state index in [-0.39, 0.29) is 34.9 Å². The Morgan fingerprint density at radius 1 is 1.21 bits per heavy atom. The number of aromatic nitrogens is 5. The van der Waals surface area contributed by atoms with Crippen LogP contribution in [0.15, 0.2) is 27.0 Å². The Balaban J connectivity index is 1.32. The first-order chi connectivity index (χ1) is 25.0. The van der Waals surface area contributed by atoms with E-state index in [1.54, 1.807) is 26.1 Å². The number of carbonyl (C=O) groups is 5. The predicted molar refractivity (Wildman–Crippen MR) is 184 cm³/mol. The van der Waals surface area contributed by atoms with Crippen molar-refractivity contribution in [3.05, 3.63) is 22.3 Å². The molecular weight excluding hydrogens is 770 g/mol. The summed E-state index contributed by atoms with van der Waals surface area (Å²) >= 11 is 2.95. The highest BCUT2D eigenvalue weighted by Gasteiger charge is 2.55. The molecule has 2 fully saturated rings. The van der Waals surface area contributed by atoms with Gasteiger partial charge in [-0.15, -0.1) is 33.3 Å². The molecule has 1 aliphatic carbocycles. The second-order valence-corrected chi connectivity index (χ2v) is 16.0. The van der Waals surface area contributed by atoms with Crippen LogP contribution in [0.5, 0.6) is 0 Å². The maximum Gasteiger partial charge on any atom is 0.471 e. The number of fused-ring (bicyclic) bond motifs is 1. The van der Waals surface area contributed by atoms with Crippen LogP contribution in [0.3, 0.4) is 0 Å². The van der Waals surface area contributed by atoms with Crippen molar-refractivity contribution in [1.29, 1.82) is 0 Å². The zero-order chi connectivity index (χ0) is 38.5. The van der Waals surface area contributed by atoms with Crippen molar-refractivity contribution in [3.63, 3.8) is 0 Å². The second-order valence-electron chi connectivity index (χ2n) is 12.9. The van der Waals surface area contributed by atoms with Gasteiger partial charge in [-0.3, -0.25) is 24.6 Å². The van der Waals surface area contributed by atoms with Gasteiger partial charge in [0.15, 0.2) is 10.8 Å². The highest BCUT2D eigenvalue weighted by atomic mass is 32.2. The molecule has 3 atom stereocenters. The van der Waals surface area contributed by atoms with Crippen molar-refractivity contribution in [3.8, 4) is 0 Å². The Bertz CT molecular complexity index is 1760. The molecule has 1 saturated heterocycles. The van der Waals surface area contributed by atoms with E-state index in [1.807, 2.05) is 0 Å². The smallest absolute Gasteiger partial charge is 0.471 e. The number of H-pyrrole nitrogens is 1. The standard InChI is InChI=1S/C29H35F3N10O8S3/c1-28(2,3)49-27(48)33-10-6-9-16(53-26-37-40-41-38-26)14-11-51-22-18(21(44)42(22)19(14)23(45)46)35-20(43)17(39-50-13-7-4-5-8-13)15-12-52-25(34-15)36-24(47)29(30,31)32/h12-13,16,18,22H,4-11H2,1-3H3,(H,33,48)(H,35,43)(H,45,46)(H,34,36,47)(H,37,38,40,41)/t16?,18?,22-/m1/s1. The van der Waals surface area contributed by atoms with Gasteiger partial charge in [0.05, 0.1) is 0 Å². The number of tetrazole rings is 1. The summed E-state index contributed by atoms with van der Waals surface area (Å²) in [5, 5.41) is 34.5. The van der Waals surface area contributed by atoms with Crippen molar-refractivity contribution >= 4 is 75.5 Å². The third-order valence-corrected chi connectivity index (χ3v) is 11.0. The van der Waals surface area contributed by atoms with Crippen molar-refractivity contribution in [2.75, 3.05) is 17.6 Å². The maximum absolute atomic E-state index is 13.6. The number of thioether (sulfide) groups is 2. The Morgan fingerprint density at radius 3 is 2.58 bits per heavy atom. The number of carboxylic acids is 1. The molecule has 0 spiro atoms. The Hall–Kier alpha value is -4.45. The lowest BCUT2D eigenvalue weighted by atomic mass is 9.99. The molecule has 0 aromatic carbocycles. The van der Waals surface area contributed by atoms with Crippen LogP contribution in [0.2, 0.25) is 0 Å². The van der Waals surface area contributed by atoms with Crippen molar-refractivity contribution < 1.29 is 51.8 Å². The number of ether oxygens (including phenoxy) is 1. The number of oxime groups is 1. The zero-order valence-electron chi connectivity index (χ0n) is 28.4. The minimum Gasteiger partial charge on any atom is -0.477 e. The third kappa shape index (κ3) is 10.2. The number of thiazole rings is 1. The number of aromatic amines is 1. The summed E-state index contributed by atoms with van der Waals surface area (Å²) in [5.74, 6) is -5.17. The molecule has 0 radical (unpaired) electrons. The van der Waals surface area contributed by atoms with Gasteiger partial charge < -0.3 is 25.3 Å². The number of β-lactam (4-membered cyclic amide) rings is 1. The number of hydrogen-bond acceptors (Lipinski definition) is 15. The molecular formula is C29H35F3N10O8S3. The number of nitrogens with one attached hydrogen (secondary N) is 4. The number of carboxylic acid groups (broad SMARTS) is 1. The first-order valence-electron chi connectivity index (χ1n) is 16.2. The molecule has 4 heterocycles. The number of alkyl carbamates (subject to hydrolysis) is 1. The SMILES string of the molecule is CC(C)(C)OC(=O)NCCCC(Sc1nn[nH]n1)C1=C(C(=O)O)N2C(=O)C(NC(=O)C(=NOC3CCCC3)c3csc(NC(=O)C(F)(F)F)n3)[C@H]2SC1. The van der Waals surface area contributed by atoms with E-state index in [1.165, 1.54) is 17.1 Å². The van der Waals surface area contributed by atoms with Gasteiger partial charge >= 0.3 is 24.1 Å². The van der Waals surface area contributed by atoms with Crippen LogP contribution >= 0.6 is 34.9 Å². The number of hydrogen-bond donors (Lipinski definition) is 5. The number of halogens is 3. The summed E-state index contributed by atoms with van der Waals surface area (Å²) in [7, 11) is 0. The van der Waals surface area contributed by atoms with E-state index in [4.69, 9.17) is 9.57 Å². The zero-order valence-corrected chi connectivity index (χ0v) is 30.8. The summed E-state index contributed by atoms with van der Waals surface area (Å²) in [4.78, 5) is 74.0. The van der Waals surface area contributed by atoms with Gasteiger partial charge in [-0.1, -0.05) is 16.9 Å². The van der Waals surface area contributed by atoms with Crippen molar-refractivity contribution in [2.45, 2.75) is 99.0 Å². The Kier molecular flexibility index (Phi) is 12.5. The summed E-state index contributed by atoms with van der Waals surface area (Å²) < 4.78 is 43.7. The van der Waals surface area contributed by atoms with E-state index in [0.29, 0.717) is 42.6 Å². The average Bonchev–Trinajstić information content (AvgIpc) is 3.88. The normalized spacial score (nSPS) is 20.0. The topological polar surface area (TPSA) is 243 Å². The van der Waals surface area contributed by atoms with Crippen molar-refractivity contribution in [1.82, 2.24) is 41.1 Å². The lowest BCUT2D eigenvalue weighted by Crippen LogP contribution is -2.71. The van der Waals surface area contributed by atoms with Crippen LogP contribution < -0.4 is 16.0 Å². The molecule has 2 aromatic heterocycles. The first-order valence-corrected chi connectivity index (χ1v) is 19.0. The van der Waals surface area contributed by atoms with Crippen LogP contribution in [0, 0.1) is 0 Å². The van der Waals surface area contributed by atoms with Crippen LogP contribution in [0.1, 0.15) is 65.0 Å². The third-order valence-electron chi connectivity index (χ3n) is 7.80. The van der Waals surface area contributed by atoms with E-state index >= 15 is 0 Å². The summed E-state index contributed by atoms with van der Waals surface area (Å²) in [6.07, 6.45) is -2.29.